The molecule has 0 saturated carbocycles. The van der Waals surface area contributed by atoms with Crippen LogP contribution in [0, 0.1) is 10.1 Å². The Bertz CT molecular complexity index is 380. The summed E-state index contributed by atoms with van der Waals surface area (Å²) in [5.41, 5.74) is -0.553. The van der Waals surface area contributed by atoms with E-state index in [1.54, 1.807) is 0 Å². The van der Waals surface area contributed by atoms with Crippen molar-refractivity contribution in [1.29, 1.82) is 0 Å². The van der Waals surface area contributed by atoms with Crippen LogP contribution in [0.15, 0.2) is 22.6 Å². The van der Waals surface area contributed by atoms with Crippen molar-refractivity contribution in [2.24, 2.45) is 0 Å². The number of halogens is 1. The van der Waals surface area contributed by atoms with Gasteiger partial charge in [0.05, 0.1) is 11.9 Å². The van der Waals surface area contributed by atoms with Gasteiger partial charge in [0.15, 0.2) is 6.29 Å². The van der Waals surface area contributed by atoms with Gasteiger partial charge in [-0.1, -0.05) is 15.9 Å². The van der Waals surface area contributed by atoms with E-state index in [1.807, 2.05) is 0 Å². The van der Waals surface area contributed by atoms with Crippen LogP contribution in [0.4, 0.5) is 5.69 Å². The average Bonchev–Trinajstić information content (AvgIpc) is 2.02. The lowest BCUT2D eigenvalue weighted by molar-refractivity contribution is -0.385. The van der Waals surface area contributed by atoms with Crippen molar-refractivity contribution in [2.45, 2.75) is 0 Å². The van der Waals surface area contributed by atoms with Gasteiger partial charge in [-0.15, -0.1) is 0 Å². The van der Waals surface area contributed by atoms with Crippen molar-refractivity contribution in [1.82, 2.24) is 0 Å². The molecule has 1 aromatic rings. The quantitative estimate of drug-likeness (QED) is 0.445. The van der Waals surface area contributed by atoms with E-state index in [-0.39, 0.29) is 17.3 Å². The van der Waals surface area contributed by atoms with Crippen LogP contribution in [0.1, 0.15) is 11.7 Å². The van der Waals surface area contributed by atoms with E-state index >= 15 is 0 Å². The minimum atomic E-state index is -0.688. The minimum absolute atomic E-state index is 0.156. The molecule has 0 heterocycles. The van der Waals surface area contributed by atoms with Crippen molar-refractivity contribution >= 4 is 27.9 Å². The normalized spacial score (nSPS) is 10.6. The predicted molar refractivity (Wildman–Crippen MR) is 46.2 cm³/mol. The molecule has 0 atom stereocenters. The first-order chi connectivity index (χ1) is 6.06. The molecule has 0 saturated heterocycles. The van der Waals surface area contributed by atoms with Crippen molar-refractivity contribution < 1.29 is 11.1 Å². The van der Waals surface area contributed by atoms with Crippen molar-refractivity contribution in [3.8, 4) is 0 Å². The summed E-state index contributed by atoms with van der Waals surface area (Å²) >= 11 is 3.00. The highest BCUT2D eigenvalue weighted by molar-refractivity contribution is 9.10. The summed E-state index contributed by atoms with van der Waals surface area (Å²) in [7, 11) is 0. The third kappa shape index (κ3) is 1.68. The fourth-order valence-corrected chi connectivity index (χ4v) is 1.05. The first kappa shape index (κ1) is 7.42. The second kappa shape index (κ2) is 3.44. The molecule has 0 unspecified atom stereocenters. The molecule has 5 heteroatoms. The number of nitro benzene ring substituents is 1. The second-order valence-corrected chi connectivity index (χ2v) is 2.91. The minimum Gasteiger partial charge on any atom is -0.298 e. The number of carbonyl (C=O) groups excluding carboxylic acids is 1. The number of hydrogen-bond donors (Lipinski definition) is 0. The molecule has 0 fully saturated rings. The zero-order chi connectivity index (χ0) is 10.0. The monoisotopic (exact) mass is 230 g/mol. The molecule has 0 radical (unpaired) electrons. The third-order valence-electron chi connectivity index (χ3n) is 1.23. The molecular formula is C7H4BrNO3. The largest absolute Gasteiger partial charge is 0.298 e. The number of rotatable bonds is 2. The van der Waals surface area contributed by atoms with Crippen LogP contribution in [0.5, 0.6) is 0 Å². The van der Waals surface area contributed by atoms with Crippen LogP contribution in [-0.4, -0.2) is 11.2 Å². The molecule has 0 aliphatic rings. The lowest BCUT2D eigenvalue weighted by Gasteiger charge is -1.94. The highest BCUT2D eigenvalue weighted by Gasteiger charge is 2.12. The number of nitro groups is 1. The Balaban J connectivity index is 3.46. The zero-order valence-electron chi connectivity index (χ0n) is 6.78. The number of aldehydes is 1. The number of nitrogens with zero attached hydrogens (tertiary/aromatic N) is 1. The molecule has 12 heavy (non-hydrogen) atoms. The van der Waals surface area contributed by atoms with Gasteiger partial charge in [-0.05, 0) is 12.1 Å². The van der Waals surface area contributed by atoms with Gasteiger partial charge in [0.25, 0.3) is 5.69 Å². The van der Waals surface area contributed by atoms with Crippen LogP contribution in [0.25, 0.3) is 0 Å². The molecule has 0 aliphatic carbocycles. The Hall–Kier alpha value is -1.23. The molecule has 0 amide bonds. The summed E-state index contributed by atoms with van der Waals surface area (Å²) in [5, 5.41) is 10.4. The Kier molecular flexibility index (Phi) is 2.13. The summed E-state index contributed by atoms with van der Waals surface area (Å²) in [5.74, 6) is 0. The second-order valence-electron chi connectivity index (χ2n) is 1.99. The van der Waals surface area contributed by atoms with Gasteiger partial charge < -0.3 is 0 Å². The van der Waals surface area contributed by atoms with Gasteiger partial charge >= 0.3 is 0 Å². The van der Waals surface area contributed by atoms with E-state index in [1.165, 1.54) is 12.1 Å². The molecule has 1 rings (SSSR count). The van der Waals surface area contributed by atoms with Gasteiger partial charge in [-0.25, -0.2) is 0 Å². The van der Waals surface area contributed by atoms with Gasteiger partial charge in [-0.2, -0.15) is 0 Å². The first-order valence-electron chi connectivity index (χ1n) is 3.46. The Morgan fingerprint density at radius 3 is 2.92 bits per heavy atom. The molecule has 62 valence electrons. The van der Waals surface area contributed by atoms with Crippen molar-refractivity contribution in [3.05, 3.63) is 38.3 Å². The maximum atomic E-state index is 10.4. The van der Waals surface area contributed by atoms with Crippen LogP contribution in [0.3, 0.4) is 0 Å². The van der Waals surface area contributed by atoms with Gasteiger partial charge in [0.1, 0.15) is 0 Å². The van der Waals surface area contributed by atoms with E-state index in [9.17, 15) is 14.9 Å². The van der Waals surface area contributed by atoms with Crippen molar-refractivity contribution in [3.63, 3.8) is 0 Å². The number of hydrogen-bond acceptors (Lipinski definition) is 3. The molecular weight excluding hydrogens is 226 g/mol. The van der Waals surface area contributed by atoms with E-state index in [0.29, 0.717) is 10.8 Å². The standard InChI is InChI=1S/C7H4BrNO3/c8-6-2-1-5(4-10)7(3-6)9(11)12/h1-4H/i1D. The Labute approximate surface area is 77.9 Å². The SMILES string of the molecule is [2H]c1cc(Br)cc([N+](=O)[O-])c1C=O. The van der Waals surface area contributed by atoms with Crippen LogP contribution >= 0.6 is 15.9 Å². The maximum absolute atomic E-state index is 10.4. The van der Waals surface area contributed by atoms with E-state index < -0.39 is 4.92 Å². The molecule has 0 bridgehead atoms. The number of carbonyl (C=O) groups is 1. The Morgan fingerprint density at radius 1 is 1.75 bits per heavy atom. The lowest BCUT2D eigenvalue weighted by Crippen LogP contribution is -1.93. The van der Waals surface area contributed by atoms with Crippen LogP contribution in [-0.2, 0) is 0 Å². The average molecular weight is 231 g/mol. The van der Waals surface area contributed by atoms with Crippen LogP contribution < -0.4 is 0 Å². The van der Waals surface area contributed by atoms with Crippen molar-refractivity contribution in [2.75, 3.05) is 0 Å². The predicted octanol–water partition coefficient (Wildman–Crippen LogP) is 2.17. The number of benzene rings is 1. The first-order valence-corrected chi connectivity index (χ1v) is 3.75. The topological polar surface area (TPSA) is 60.2 Å². The fourth-order valence-electron chi connectivity index (χ4n) is 0.716. The highest BCUT2D eigenvalue weighted by atomic mass is 79.9. The van der Waals surface area contributed by atoms with E-state index in [2.05, 4.69) is 15.9 Å². The van der Waals surface area contributed by atoms with E-state index in [4.69, 9.17) is 1.37 Å². The van der Waals surface area contributed by atoms with Crippen LogP contribution in [0.2, 0.25) is 0 Å². The molecule has 4 nitrogen and oxygen atoms in total. The lowest BCUT2D eigenvalue weighted by atomic mass is 10.2. The molecule has 1 aromatic carbocycles. The van der Waals surface area contributed by atoms with Gasteiger partial charge in [-0.3, -0.25) is 14.9 Å². The van der Waals surface area contributed by atoms with Gasteiger partial charge in [0.2, 0.25) is 0 Å². The molecule has 0 spiro atoms. The summed E-state index contributed by atoms with van der Waals surface area (Å²) < 4.78 is 7.69. The summed E-state index contributed by atoms with van der Waals surface area (Å²) in [4.78, 5) is 20.2. The Morgan fingerprint density at radius 2 is 2.42 bits per heavy atom. The summed E-state index contributed by atoms with van der Waals surface area (Å²) in [6.07, 6.45) is 0.312. The summed E-state index contributed by atoms with van der Waals surface area (Å²) in [6.45, 7) is 0. The third-order valence-corrected chi connectivity index (χ3v) is 1.69. The van der Waals surface area contributed by atoms with E-state index in [0.717, 1.165) is 0 Å². The van der Waals surface area contributed by atoms with Gasteiger partial charge in [0, 0.05) is 10.5 Å². The maximum Gasteiger partial charge on any atom is 0.281 e. The molecule has 0 aromatic heterocycles. The fraction of sp³-hybridized carbons (Fsp3) is 0. The smallest absolute Gasteiger partial charge is 0.281 e. The molecule has 0 aliphatic heterocycles. The molecule has 0 N–H and O–H groups in total. The summed E-state index contributed by atoms with van der Waals surface area (Å²) in [6, 6.07) is 2.37. The highest BCUT2D eigenvalue weighted by Crippen LogP contribution is 2.21. The zero-order valence-corrected chi connectivity index (χ0v) is 7.37.